The van der Waals surface area contributed by atoms with Crippen LogP contribution in [0.3, 0.4) is 0 Å². The van der Waals surface area contributed by atoms with Gasteiger partial charge < -0.3 is 9.80 Å². The van der Waals surface area contributed by atoms with E-state index in [2.05, 4.69) is 50.0 Å². The molecule has 0 spiro atoms. The number of benzene rings is 2. The Kier molecular flexibility index (Phi) is 4.02. The van der Waals surface area contributed by atoms with E-state index in [1.54, 1.807) is 0 Å². The van der Waals surface area contributed by atoms with Crippen LogP contribution in [0.5, 0.6) is 0 Å². The molecule has 3 aliphatic heterocycles. The van der Waals surface area contributed by atoms with Crippen LogP contribution >= 0.6 is 27.5 Å². The Hall–Kier alpha value is -1.52. The minimum absolute atomic E-state index is 0.159. The minimum Gasteiger partial charge on any atom is -0.364 e. The van der Waals surface area contributed by atoms with Crippen molar-refractivity contribution in [2.45, 2.75) is 37.8 Å². The first-order valence-corrected chi connectivity index (χ1v) is 10.4. The van der Waals surface area contributed by atoms with E-state index < -0.39 is 0 Å². The summed E-state index contributed by atoms with van der Waals surface area (Å²) in [5.41, 5.74) is 5.34. The SMILES string of the molecule is O=C1CCCN1[C@@H]1C[C@H](c2ccc(Cl)cc2)N2CCc3cc(Br)cc1c32. The molecule has 2 atom stereocenters. The number of halogens is 2. The average Bonchev–Trinajstić information content (AvgIpc) is 3.23. The molecule has 134 valence electrons. The number of nitrogens with zero attached hydrogens (tertiary/aromatic N) is 2. The van der Waals surface area contributed by atoms with Crippen molar-refractivity contribution in [2.75, 3.05) is 18.0 Å². The van der Waals surface area contributed by atoms with Gasteiger partial charge in [-0.25, -0.2) is 0 Å². The molecule has 5 heteroatoms. The van der Waals surface area contributed by atoms with Crippen LogP contribution in [-0.4, -0.2) is 23.9 Å². The van der Waals surface area contributed by atoms with E-state index in [1.807, 2.05) is 12.1 Å². The molecule has 26 heavy (non-hydrogen) atoms. The van der Waals surface area contributed by atoms with Gasteiger partial charge in [-0.3, -0.25) is 4.79 Å². The van der Waals surface area contributed by atoms with Gasteiger partial charge in [-0.1, -0.05) is 39.7 Å². The topological polar surface area (TPSA) is 23.6 Å². The number of carbonyl (C=O) groups excluding carboxylic acids is 1. The molecular weight excluding hydrogens is 412 g/mol. The fraction of sp³-hybridized carbons (Fsp3) is 0.381. The van der Waals surface area contributed by atoms with Gasteiger partial charge in [0.15, 0.2) is 0 Å². The van der Waals surface area contributed by atoms with Crippen LogP contribution in [-0.2, 0) is 11.2 Å². The molecule has 0 aromatic heterocycles. The molecule has 0 unspecified atom stereocenters. The number of likely N-dealkylation sites (tertiary alicyclic amines) is 1. The zero-order chi connectivity index (χ0) is 17.8. The van der Waals surface area contributed by atoms with Crippen molar-refractivity contribution in [3.8, 4) is 0 Å². The van der Waals surface area contributed by atoms with Crippen molar-refractivity contribution in [3.63, 3.8) is 0 Å². The summed E-state index contributed by atoms with van der Waals surface area (Å²) in [4.78, 5) is 17.2. The van der Waals surface area contributed by atoms with Gasteiger partial charge in [0, 0.05) is 34.7 Å². The van der Waals surface area contributed by atoms with Crippen LogP contribution in [0.2, 0.25) is 5.02 Å². The average molecular weight is 432 g/mol. The summed E-state index contributed by atoms with van der Waals surface area (Å²) >= 11 is 9.79. The van der Waals surface area contributed by atoms with Crippen molar-refractivity contribution in [1.82, 2.24) is 4.90 Å². The fourth-order valence-electron chi connectivity index (χ4n) is 4.90. The van der Waals surface area contributed by atoms with Crippen LogP contribution in [0.4, 0.5) is 5.69 Å². The standard InChI is InChI=1S/C21H20BrClN2O/c22-15-10-14-7-9-25-18(13-3-5-16(23)6-4-13)12-19(17(11-15)21(14)25)24-8-1-2-20(24)26/h3-6,10-11,18-19H,1-2,7-9,12H2/t18-,19-/m1/s1. The van der Waals surface area contributed by atoms with Gasteiger partial charge in [0.2, 0.25) is 5.91 Å². The zero-order valence-corrected chi connectivity index (χ0v) is 16.8. The van der Waals surface area contributed by atoms with Crippen LogP contribution < -0.4 is 4.90 Å². The third-order valence-corrected chi connectivity index (χ3v) is 6.72. The largest absolute Gasteiger partial charge is 0.364 e. The maximum Gasteiger partial charge on any atom is 0.223 e. The lowest BCUT2D eigenvalue weighted by atomic mass is 9.86. The second-order valence-corrected chi connectivity index (χ2v) is 8.81. The van der Waals surface area contributed by atoms with E-state index in [1.165, 1.54) is 22.4 Å². The Bertz CT molecular complexity index is 882. The quantitative estimate of drug-likeness (QED) is 0.646. The highest BCUT2D eigenvalue weighted by molar-refractivity contribution is 9.10. The van der Waals surface area contributed by atoms with Crippen LogP contribution in [0.15, 0.2) is 40.9 Å². The van der Waals surface area contributed by atoms with Gasteiger partial charge in [-0.2, -0.15) is 0 Å². The Morgan fingerprint density at radius 1 is 1.00 bits per heavy atom. The Morgan fingerprint density at radius 3 is 2.54 bits per heavy atom. The molecule has 1 fully saturated rings. The minimum atomic E-state index is 0.159. The highest BCUT2D eigenvalue weighted by Crippen LogP contribution is 2.51. The molecule has 0 radical (unpaired) electrons. The summed E-state index contributed by atoms with van der Waals surface area (Å²) in [5, 5.41) is 0.766. The maximum absolute atomic E-state index is 12.5. The first-order chi connectivity index (χ1) is 12.6. The van der Waals surface area contributed by atoms with E-state index in [-0.39, 0.29) is 6.04 Å². The molecule has 3 aliphatic rings. The van der Waals surface area contributed by atoms with E-state index in [9.17, 15) is 4.79 Å². The molecule has 3 heterocycles. The normalized spacial score (nSPS) is 24.3. The number of amides is 1. The summed E-state index contributed by atoms with van der Waals surface area (Å²) < 4.78 is 1.12. The Labute approximate surface area is 167 Å². The molecule has 1 saturated heterocycles. The highest BCUT2D eigenvalue weighted by atomic mass is 79.9. The van der Waals surface area contributed by atoms with Gasteiger partial charge in [-0.05, 0) is 60.2 Å². The smallest absolute Gasteiger partial charge is 0.223 e. The lowest BCUT2D eigenvalue weighted by Crippen LogP contribution is -2.39. The summed E-state index contributed by atoms with van der Waals surface area (Å²) in [7, 11) is 0. The first kappa shape index (κ1) is 16.6. The summed E-state index contributed by atoms with van der Waals surface area (Å²) in [6.45, 7) is 1.91. The molecule has 5 rings (SSSR count). The van der Waals surface area contributed by atoms with Gasteiger partial charge in [0.25, 0.3) is 0 Å². The summed E-state index contributed by atoms with van der Waals surface area (Å²) in [6, 6.07) is 13.1. The lowest BCUT2D eigenvalue weighted by Gasteiger charge is -2.43. The first-order valence-electron chi connectivity index (χ1n) is 9.26. The van der Waals surface area contributed by atoms with Crippen molar-refractivity contribution in [2.24, 2.45) is 0 Å². The lowest BCUT2D eigenvalue weighted by molar-refractivity contribution is -0.130. The zero-order valence-electron chi connectivity index (χ0n) is 14.4. The predicted molar refractivity (Wildman–Crippen MR) is 108 cm³/mol. The third kappa shape index (κ3) is 2.57. The molecule has 3 nitrogen and oxygen atoms in total. The molecular formula is C21H20BrClN2O. The van der Waals surface area contributed by atoms with Crippen LogP contribution in [0, 0.1) is 0 Å². The van der Waals surface area contributed by atoms with Crippen LogP contribution in [0.25, 0.3) is 0 Å². The number of rotatable bonds is 2. The van der Waals surface area contributed by atoms with Crippen molar-refractivity contribution >= 4 is 39.1 Å². The highest BCUT2D eigenvalue weighted by Gasteiger charge is 2.42. The third-order valence-electron chi connectivity index (χ3n) is 6.02. The molecule has 1 amide bonds. The van der Waals surface area contributed by atoms with E-state index in [0.717, 1.165) is 41.8 Å². The van der Waals surface area contributed by atoms with Crippen LogP contribution in [0.1, 0.15) is 48.0 Å². The second-order valence-electron chi connectivity index (χ2n) is 7.46. The summed E-state index contributed by atoms with van der Waals surface area (Å²) in [6.07, 6.45) is 3.66. The predicted octanol–water partition coefficient (Wildman–Crippen LogP) is 5.27. The van der Waals surface area contributed by atoms with Gasteiger partial charge in [0.05, 0.1) is 12.1 Å². The molecule has 0 saturated carbocycles. The van der Waals surface area contributed by atoms with E-state index in [0.29, 0.717) is 18.4 Å². The van der Waals surface area contributed by atoms with E-state index in [4.69, 9.17) is 11.6 Å². The molecule has 2 aromatic carbocycles. The Morgan fingerprint density at radius 2 is 1.81 bits per heavy atom. The number of anilines is 1. The monoisotopic (exact) mass is 430 g/mol. The molecule has 0 aliphatic carbocycles. The van der Waals surface area contributed by atoms with Crippen molar-refractivity contribution < 1.29 is 4.79 Å². The summed E-state index contributed by atoms with van der Waals surface area (Å²) in [5.74, 6) is 0.296. The molecule has 0 N–H and O–H groups in total. The number of hydrogen-bond acceptors (Lipinski definition) is 2. The maximum atomic E-state index is 12.5. The number of carbonyl (C=O) groups is 1. The van der Waals surface area contributed by atoms with Gasteiger partial charge in [0.1, 0.15) is 0 Å². The Balaban J connectivity index is 1.64. The van der Waals surface area contributed by atoms with E-state index >= 15 is 0 Å². The van der Waals surface area contributed by atoms with Gasteiger partial charge >= 0.3 is 0 Å². The second kappa shape index (κ2) is 6.28. The fourth-order valence-corrected chi connectivity index (χ4v) is 5.55. The molecule has 0 bridgehead atoms. The molecule has 2 aromatic rings. The van der Waals surface area contributed by atoms with Crippen molar-refractivity contribution in [1.29, 1.82) is 0 Å². The van der Waals surface area contributed by atoms with Gasteiger partial charge in [-0.15, -0.1) is 0 Å². The number of hydrogen-bond donors (Lipinski definition) is 0. The van der Waals surface area contributed by atoms with Crippen molar-refractivity contribution in [3.05, 3.63) is 62.6 Å².